The Morgan fingerprint density at radius 2 is 1.62 bits per heavy atom. The molecule has 0 radical (unpaired) electrons. The molecule has 0 N–H and O–H groups in total. The third kappa shape index (κ3) is 1.53. The molecule has 0 aromatic heterocycles. The first-order chi connectivity index (χ1) is 7.88. The van der Waals surface area contributed by atoms with E-state index in [0.717, 1.165) is 5.92 Å². The van der Waals surface area contributed by atoms with Crippen LogP contribution in [0, 0.1) is 5.92 Å². The largest absolute Gasteiger partial charge is 0.0654 e. The SMILES string of the molecule is CCCC1Cc2cccc3cccc(c23)C1. The minimum Gasteiger partial charge on any atom is -0.0654 e. The van der Waals surface area contributed by atoms with Crippen LogP contribution in [-0.2, 0) is 12.8 Å². The van der Waals surface area contributed by atoms with Gasteiger partial charge in [-0.1, -0.05) is 56.2 Å². The van der Waals surface area contributed by atoms with Gasteiger partial charge in [0.15, 0.2) is 0 Å². The summed E-state index contributed by atoms with van der Waals surface area (Å²) in [6.07, 6.45) is 5.23. The Morgan fingerprint density at radius 3 is 2.19 bits per heavy atom. The lowest BCUT2D eigenvalue weighted by Crippen LogP contribution is -2.14. The van der Waals surface area contributed by atoms with Gasteiger partial charge >= 0.3 is 0 Å². The van der Waals surface area contributed by atoms with Gasteiger partial charge in [-0.25, -0.2) is 0 Å². The van der Waals surface area contributed by atoms with Gasteiger partial charge in [-0.3, -0.25) is 0 Å². The first-order valence-corrected chi connectivity index (χ1v) is 6.38. The Morgan fingerprint density at radius 1 is 1.00 bits per heavy atom. The zero-order valence-corrected chi connectivity index (χ0v) is 9.87. The van der Waals surface area contributed by atoms with Gasteiger partial charge in [0, 0.05) is 0 Å². The van der Waals surface area contributed by atoms with E-state index in [4.69, 9.17) is 0 Å². The molecule has 1 aliphatic rings. The van der Waals surface area contributed by atoms with E-state index in [9.17, 15) is 0 Å². The van der Waals surface area contributed by atoms with Gasteiger partial charge in [0.2, 0.25) is 0 Å². The van der Waals surface area contributed by atoms with Crippen molar-refractivity contribution in [3.05, 3.63) is 47.5 Å². The highest BCUT2D eigenvalue weighted by atomic mass is 14.2. The normalized spacial score (nSPS) is 15.6. The quantitative estimate of drug-likeness (QED) is 0.691. The molecule has 0 fully saturated rings. The van der Waals surface area contributed by atoms with Crippen LogP contribution in [0.5, 0.6) is 0 Å². The Bertz CT molecular complexity index is 470. The second-order valence-corrected chi connectivity index (χ2v) is 5.00. The molecule has 1 aliphatic carbocycles. The molecule has 0 nitrogen and oxygen atoms in total. The summed E-state index contributed by atoms with van der Waals surface area (Å²) >= 11 is 0. The van der Waals surface area contributed by atoms with Crippen LogP contribution in [0.1, 0.15) is 30.9 Å². The van der Waals surface area contributed by atoms with Crippen molar-refractivity contribution in [1.29, 1.82) is 0 Å². The molecular weight excluding hydrogens is 192 g/mol. The van der Waals surface area contributed by atoms with E-state index in [1.165, 1.54) is 36.5 Å². The van der Waals surface area contributed by atoms with E-state index in [0.29, 0.717) is 0 Å². The summed E-state index contributed by atoms with van der Waals surface area (Å²) in [7, 11) is 0. The topological polar surface area (TPSA) is 0 Å². The lowest BCUT2D eigenvalue weighted by Gasteiger charge is -2.24. The predicted molar refractivity (Wildman–Crippen MR) is 69.8 cm³/mol. The second-order valence-electron chi connectivity index (χ2n) is 5.00. The number of benzene rings is 2. The molecule has 0 aliphatic heterocycles. The van der Waals surface area contributed by atoms with E-state index in [1.54, 1.807) is 11.1 Å². The van der Waals surface area contributed by atoms with E-state index in [2.05, 4.69) is 43.3 Å². The number of hydrogen-bond donors (Lipinski definition) is 0. The van der Waals surface area contributed by atoms with Gasteiger partial charge in [-0.15, -0.1) is 0 Å². The van der Waals surface area contributed by atoms with Crippen LogP contribution in [0.2, 0.25) is 0 Å². The van der Waals surface area contributed by atoms with Crippen LogP contribution in [0.25, 0.3) is 10.8 Å². The van der Waals surface area contributed by atoms with Crippen molar-refractivity contribution in [3.8, 4) is 0 Å². The molecule has 0 heterocycles. The minimum atomic E-state index is 0.866. The van der Waals surface area contributed by atoms with Gasteiger partial charge in [0.25, 0.3) is 0 Å². The molecule has 0 heteroatoms. The molecular formula is C16H18. The van der Waals surface area contributed by atoms with Crippen molar-refractivity contribution in [1.82, 2.24) is 0 Å². The van der Waals surface area contributed by atoms with Gasteiger partial charge in [0.05, 0.1) is 0 Å². The van der Waals surface area contributed by atoms with Gasteiger partial charge < -0.3 is 0 Å². The Labute approximate surface area is 97.3 Å². The molecule has 0 unspecified atom stereocenters. The predicted octanol–water partition coefficient (Wildman–Crippen LogP) is 4.35. The summed E-state index contributed by atoms with van der Waals surface area (Å²) in [5.74, 6) is 0.866. The Hall–Kier alpha value is -1.30. The first-order valence-electron chi connectivity index (χ1n) is 6.38. The average molecular weight is 210 g/mol. The smallest absolute Gasteiger partial charge is 0.0120 e. The van der Waals surface area contributed by atoms with Crippen LogP contribution in [0.4, 0.5) is 0 Å². The molecule has 2 aromatic rings. The molecule has 0 saturated heterocycles. The van der Waals surface area contributed by atoms with Crippen molar-refractivity contribution in [2.24, 2.45) is 5.92 Å². The first kappa shape index (κ1) is 9.89. The summed E-state index contributed by atoms with van der Waals surface area (Å²) in [6, 6.07) is 13.5. The maximum absolute atomic E-state index is 2.31. The third-order valence-corrected chi connectivity index (χ3v) is 3.79. The van der Waals surface area contributed by atoms with Crippen LogP contribution < -0.4 is 0 Å². The molecule has 0 saturated carbocycles. The van der Waals surface area contributed by atoms with Crippen LogP contribution >= 0.6 is 0 Å². The fourth-order valence-corrected chi connectivity index (χ4v) is 3.15. The molecule has 3 rings (SSSR count). The van der Waals surface area contributed by atoms with Crippen LogP contribution in [-0.4, -0.2) is 0 Å². The van der Waals surface area contributed by atoms with Gasteiger partial charge in [0.1, 0.15) is 0 Å². The standard InChI is InChI=1S/C16H18/c1-2-5-12-10-14-8-3-6-13-7-4-9-15(11-12)16(13)14/h3-4,6-9,12H,2,5,10-11H2,1H3. The summed E-state index contributed by atoms with van der Waals surface area (Å²) in [5.41, 5.74) is 3.13. The highest BCUT2D eigenvalue weighted by Crippen LogP contribution is 2.33. The third-order valence-electron chi connectivity index (χ3n) is 3.79. The zero-order valence-electron chi connectivity index (χ0n) is 9.87. The van der Waals surface area contributed by atoms with Gasteiger partial charge in [-0.05, 0) is 40.7 Å². The van der Waals surface area contributed by atoms with Crippen LogP contribution in [0.15, 0.2) is 36.4 Å². The fourth-order valence-electron chi connectivity index (χ4n) is 3.15. The second kappa shape index (κ2) is 3.93. The molecule has 0 bridgehead atoms. The van der Waals surface area contributed by atoms with Crippen molar-refractivity contribution in [2.75, 3.05) is 0 Å². The summed E-state index contributed by atoms with van der Waals surface area (Å²) < 4.78 is 0. The van der Waals surface area contributed by atoms with Gasteiger partial charge in [-0.2, -0.15) is 0 Å². The highest BCUT2D eigenvalue weighted by Gasteiger charge is 2.19. The molecule has 16 heavy (non-hydrogen) atoms. The minimum absolute atomic E-state index is 0.866. The molecule has 82 valence electrons. The molecule has 2 aromatic carbocycles. The number of hydrogen-bond acceptors (Lipinski definition) is 0. The van der Waals surface area contributed by atoms with Crippen molar-refractivity contribution < 1.29 is 0 Å². The highest BCUT2D eigenvalue weighted by molar-refractivity contribution is 5.89. The summed E-state index contributed by atoms with van der Waals surface area (Å²) in [5, 5.41) is 2.96. The fraction of sp³-hybridized carbons (Fsp3) is 0.375. The molecule has 0 atom stereocenters. The maximum Gasteiger partial charge on any atom is -0.0120 e. The maximum atomic E-state index is 2.31. The average Bonchev–Trinajstić information content (AvgIpc) is 2.30. The lowest BCUT2D eigenvalue weighted by atomic mass is 9.80. The van der Waals surface area contributed by atoms with E-state index < -0.39 is 0 Å². The Balaban J connectivity index is 2.12. The molecule has 0 amide bonds. The summed E-state index contributed by atoms with van der Waals surface area (Å²) in [6.45, 7) is 2.29. The van der Waals surface area contributed by atoms with Crippen molar-refractivity contribution in [2.45, 2.75) is 32.6 Å². The zero-order chi connectivity index (χ0) is 11.0. The summed E-state index contributed by atoms with van der Waals surface area (Å²) in [4.78, 5) is 0. The van der Waals surface area contributed by atoms with E-state index in [-0.39, 0.29) is 0 Å². The Kier molecular flexibility index (Phi) is 2.43. The van der Waals surface area contributed by atoms with Crippen LogP contribution in [0.3, 0.4) is 0 Å². The number of rotatable bonds is 2. The lowest BCUT2D eigenvalue weighted by molar-refractivity contribution is 0.469. The van der Waals surface area contributed by atoms with Crippen molar-refractivity contribution in [3.63, 3.8) is 0 Å². The van der Waals surface area contributed by atoms with E-state index >= 15 is 0 Å². The monoisotopic (exact) mass is 210 g/mol. The van der Waals surface area contributed by atoms with Crippen molar-refractivity contribution >= 4 is 10.8 Å². The van der Waals surface area contributed by atoms with E-state index in [1.807, 2.05) is 0 Å². The molecule has 0 spiro atoms.